The van der Waals surface area contributed by atoms with Crippen molar-refractivity contribution in [2.45, 2.75) is 25.3 Å². The first-order valence-corrected chi connectivity index (χ1v) is 7.10. The molecule has 3 rings (SSSR count). The van der Waals surface area contributed by atoms with Crippen molar-refractivity contribution in [2.75, 3.05) is 0 Å². The number of carbonyl (C=O) groups is 1. The molecule has 19 heavy (non-hydrogen) atoms. The quantitative estimate of drug-likeness (QED) is 0.893. The van der Waals surface area contributed by atoms with Crippen molar-refractivity contribution >= 4 is 21.8 Å². The van der Waals surface area contributed by atoms with Crippen LogP contribution in [-0.4, -0.2) is 22.1 Å². The Morgan fingerprint density at radius 3 is 3.11 bits per heavy atom. The molecule has 0 fully saturated rings. The molecule has 1 aromatic heterocycles. The molecule has 0 radical (unpaired) electrons. The first-order chi connectivity index (χ1) is 9.24. The Morgan fingerprint density at radius 2 is 2.26 bits per heavy atom. The lowest BCUT2D eigenvalue weighted by Gasteiger charge is -2.23. The SMILES string of the molecule is O=C(NC1CCc2cn[nH]c2C1)c1ccccc1Br. The van der Waals surface area contributed by atoms with E-state index < -0.39 is 0 Å². The number of carbonyl (C=O) groups excluding carboxylic acids is 1. The van der Waals surface area contributed by atoms with Crippen LogP contribution in [0.4, 0.5) is 0 Å². The highest BCUT2D eigenvalue weighted by Gasteiger charge is 2.22. The molecule has 98 valence electrons. The van der Waals surface area contributed by atoms with E-state index in [4.69, 9.17) is 0 Å². The Morgan fingerprint density at radius 1 is 1.42 bits per heavy atom. The number of benzene rings is 1. The third-order valence-corrected chi connectivity index (χ3v) is 4.17. The molecule has 0 spiro atoms. The number of nitrogens with zero attached hydrogens (tertiary/aromatic N) is 1. The maximum Gasteiger partial charge on any atom is 0.252 e. The standard InChI is InChI=1S/C14H14BrN3O/c15-12-4-2-1-3-11(12)14(19)17-10-6-5-9-8-16-18-13(9)7-10/h1-4,8,10H,5-7H2,(H,16,18)(H,17,19). The number of nitrogens with one attached hydrogen (secondary N) is 2. The third-order valence-electron chi connectivity index (χ3n) is 3.47. The number of fused-ring (bicyclic) bond motifs is 1. The molecule has 1 atom stereocenters. The number of hydrogen-bond donors (Lipinski definition) is 2. The molecular formula is C14H14BrN3O. The van der Waals surface area contributed by atoms with Gasteiger partial charge in [-0.2, -0.15) is 5.10 Å². The number of H-pyrrole nitrogens is 1. The van der Waals surface area contributed by atoms with Gasteiger partial charge in [0.1, 0.15) is 0 Å². The van der Waals surface area contributed by atoms with Crippen LogP contribution in [0.1, 0.15) is 28.0 Å². The van der Waals surface area contributed by atoms with Crippen LogP contribution in [0.15, 0.2) is 34.9 Å². The molecule has 4 nitrogen and oxygen atoms in total. The Balaban J connectivity index is 1.70. The van der Waals surface area contributed by atoms with Crippen molar-refractivity contribution in [3.05, 3.63) is 51.8 Å². The van der Waals surface area contributed by atoms with Crippen molar-refractivity contribution in [2.24, 2.45) is 0 Å². The van der Waals surface area contributed by atoms with Gasteiger partial charge >= 0.3 is 0 Å². The smallest absolute Gasteiger partial charge is 0.252 e. The molecule has 1 heterocycles. The Bertz CT molecular complexity index is 608. The van der Waals surface area contributed by atoms with E-state index in [1.165, 1.54) is 5.56 Å². The lowest BCUT2D eigenvalue weighted by atomic mass is 9.93. The van der Waals surface area contributed by atoms with Crippen molar-refractivity contribution in [1.29, 1.82) is 0 Å². The first kappa shape index (κ1) is 12.4. The van der Waals surface area contributed by atoms with Gasteiger partial charge in [-0.25, -0.2) is 0 Å². The summed E-state index contributed by atoms with van der Waals surface area (Å²) < 4.78 is 0.825. The fraction of sp³-hybridized carbons (Fsp3) is 0.286. The topological polar surface area (TPSA) is 57.8 Å². The highest BCUT2D eigenvalue weighted by molar-refractivity contribution is 9.10. The molecule has 2 aromatic rings. The monoisotopic (exact) mass is 319 g/mol. The molecule has 1 amide bonds. The average molecular weight is 320 g/mol. The van der Waals surface area contributed by atoms with Gasteiger partial charge < -0.3 is 5.32 Å². The summed E-state index contributed by atoms with van der Waals surface area (Å²) in [5.41, 5.74) is 3.09. The van der Waals surface area contributed by atoms with Gasteiger partial charge in [0.05, 0.1) is 11.8 Å². The molecule has 2 N–H and O–H groups in total. The summed E-state index contributed by atoms with van der Waals surface area (Å²) in [6.45, 7) is 0. The molecule has 0 saturated carbocycles. The van der Waals surface area contributed by atoms with E-state index >= 15 is 0 Å². The summed E-state index contributed by atoms with van der Waals surface area (Å²) in [6, 6.07) is 7.64. The fourth-order valence-electron chi connectivity index (χ4n) is 2.44. The number of halogens is 1. The second-order valence-corrected chi connectivity index (χ2v) is 5.62. The lowest BCUT2D eigenvalue weighted by Crippen LogP contribution is -2.38. The molecule has 0 bridgehead atoms. The van der Waals surface area contributed by atoms with Crippen LogP contribution in [0.5, 0.6) is 0 Å². The maximum absolute atomic E-state index is 12.2. The Labute approximate surface area is 119 Å². The van der Waals surface area contributed by atoms with E-state index in [0.717, 1.165) is 29.4 Å². The number of rotatable bonds is 2. The van der Waals surface area contributed by atoms with Crippen LogP contribution >= 0.6 is 15.9 Å². The third kappa shape index (κ3) is 2.56. The number of amides is 1. The molecule has 0 saturated heterocycles. The van der Waals surface area contributed by atoms with E-state index in [-0.39, 0.29) is 11.9 Å². The van der Waals surface area contributed by atoms with E-state index in [2.05, 4.69) is 31.4 Å². The summed E-state index contributed by atoms with van der Waals surface area (Å²) in [5.74, 6) is -0.0274. The number of aromatic nitrogens is 2. The minimum Gasteiger partial charge on any atom is -0.349 e. The zero-order valence-corrected chi connectivity index (χ0v) is 11.9. The molecule has 1 aliphatic carbocycles. The van der Waals surface area contributed by atoms with Crippen LogP contribution < -0.4 is 5.32 Å². The van der Waals surface area contributed by atoms with E-state index in [0.29, 0.717) is 5.56 Å². The lowest BCUT2D eigenvalue weighted by molar-refractivity contribution is 0.0932. The van der Waals surface area contributed by atoms with Gasteiger partial charge in [-0.3, -0.25) is 9.89 Å². The molecule has 0 aliphatic heterocycles. The van der Waals surface area contributed by atoms with Crippen LogP contribution in [0.2, 0.25) is 0 Å². The highest BCUT2D eigenvalue weighted by Crippen LogP contribution is 2.20. The maximum atomic E-state index is 12.2. The molecule has 1 aliphatic rings. The Hall–Kier alpha value is -1.62. The second kappa shape index (κ2) is 5.17. The Kier molecular flexibility index (Phi) is 3.38. The molecule has 1 unspecified atom stereocenters. The molecular weight excluding hydrogens is 306 g/mol. The van der Waals surface area contributed by atoms with Gasteiger partial charge in [-0.15, -0.1) is 0 Å². The van der Waals surface area contributed by atoms with Crippen molar-refractivity contribution in [3.8, 4) is 0 Å². The first-order valence-electron chi connectivity index (χ1n) is 6.30. The average Bonchev–Trinajstić information content (AvgIpc) is 2.86. The van der Waals surface area contributed by atoms with Gasteiger partial charge in [0.2, 0.25) is 0 Å². The van der Waals surface area contributed by atoms with Crippen LogP contribution in [-0.2, 0) is 12.8 Å². The van der Waals surface area contributed by atoms with Crippen molar-refractivity contribution in [1.82, 2.24) is 15.5 Å². The summed E-state index contributed by atoms with van der Waals surface area (Å²) >= 11 is 3.40. The zero-order chi connectivity index (χ0) is 13.2. The van der Waals surface area contributed by atoms with E-state index in [1.807, 2.05) is 30.5 Å². The van der Waals surface area contributed by atoms with Gasteiger partial charge in [-0.1, -0.05) is 12.1 Å². The summed E-state index contributed by atoms with van der Waals surface area (Å²) in [5, 5.41) is 10.1. The van der Waals surface area contributed by atoms with Crippen LogP contribution in [0, 0.1) is 0 Å². The minimum atomic E-state index is -0.0274. The predicted molar refractivity (Wildman–Crippen MR) is 76.0 cm³/mol. The van der Waals surface area contributed by atoms with E-state index in [9.17, 15) is 4.79 Å². The molecule has 5 heteroatoms. The number of hydrogen-bond acceptors (Lipinski definition) is 2. The van der Waals surface area contributed by atoms with Crippen LogP contribution in [0.25, 0.3) is 0 Å². The van der Waals surface area contributed by atoms with Gasteiger partial charge in [0.25, 0.3) is 5.91 Å². The zero-order valence-electron chi connectivity index (χ0n) is 10.3. The van der Waals surface area contributed by atoms with Gasteiger partial charge in [0.15, 0.2) is 0 Å². The number of aryl methyl sites for hydroxylation is 1. The highest BCUT2D eigenvalue weighted by atomic mass is 79.9. The van der Waals surface area contributed by atoms with Crippen molar-refractivity contribution in [3.63, 3.8) is 0 Å². The van der Waals surface area contributed by atoms with E-state index in [1.54, 1.807) is 0 Å². The normalized spacial score (nSPS) is 17.8. The summed E-state index contributed by atoms with van der Waals surface area (Å²) in [6.07, 6.45) is 4.63. The summed E-state index contributed by atoms with van der Waals surface area (Å²) in [7, 11) is 0. The fourth-order valence-corrected chi connectivity index (χ4v) is 2.90. The van der Waals surface area contributed by atoms with Gasteiger partial charge in [-0.05, 0) is 46.5 Å². The minimum absolute atomic E-state index is 0.0274. The van der Waals surface area contributed by atoms with Crippen molar-refractivity contribution < 1.29 is 4.79 Å². The second-order valence-electron chi connectivity index (χ2n) is 4.77. The van der Waals surface area contributed by atoms with Gasteiger partial charge in [0, 0.05) is 22.6 Å². The molecule has 1 aromatic carbocycles. The largest absolute Gasteiger partial charge is 0.349 e. The number of aromatic amines is 1. The summed E-state index contributed by atoms with van der Waals surface area (Å²) in [4.78, 5) is 12.2. The predicted octanol–water partition coefficient (Wildman–Crippen LogP) is 2.46. The van der Waals surface area contributed by atoms with Crippen LogP contribution in [0.3, 0.4) is 0 Å².